The predicted octanol–water partition coefficient (Wildman–Crippen LogP) is 5.85. The monoisotopic (exact) mass is 668 g/mol. The first-order valence-electron chi connectivity index (χ1n) is 18.2. The first-order chi connectivity index (χ1) is 23.7. The number of aromatic nitrogens is 4. The van der Waals surface area contributed by atoms with Crippen molar-refractivity contribution >= 4 is 17.8 Å². The largest absolute Gasteiger partial charge is 0.496 e. The Kier molecular flexibility index (Phi) is 8.36. The van der Waals surface area contributed by atoms with Crippen LogP contribution in [-0.4, -0.2) is 80.7 Å². The van der Waals surface area contributed by atoms with E-state index in [1.807, 2.05) is 21.7 Å². The van der Waals surface area contributed by atoms with Crippen LogP contribution in [0.2, 0.25) is 0 Å². The SMILES string of the molecule is COc1ccc(C23CCC(CN(C(=O)C4CCC(OC(=O)N5CC(O)C5)CC4)c4cc(-n5cnc(C6CC6)n5)ccn4)(CC2)CC3)cc1C. The molecule has 0 atom stereocenters. The minimum atomic E-state index is -0.459. The van der Waals surface area contributed by atoms with E-state index in [0.717, 1.165) is 68.6 Å². The first-order valence-corrected chi connectivity index (χ1v) is 18.2. The molecule has 11 nitrogen and oxygen atoms in total. The molecule has 49 heavy (non-hydrogen) atoms. The molecule has 2 bridgehead atoms. The second kappa shape index (κ2) is 12.7. The van der Waals surface area contributed by atoms with Crippen molar-refractivity contribution in [3.05, 3.63) is 59.8 Å². The van der Waals surface area contributed by atoms with Crippen molar-refractivity contribution < 1.29 is 24.2 Å². The van der Waals surface area contributed by atoms with Crippen LogP contribution in [0.5, 0.6) is 5.75 Å². The molecular formula is C38H48N6O5. The van der Waals surface area contributed by atoms with Gasteiger partial charge in [0.05, 0.1) is 32.0 Å². The number of methoxy groups -OCH3 is 1. The predicted molar refractivity (Wildman–Crippen MR) is 183 cm³/mol. The highest BCUT2D eigenvalue weighted by atomic mass is 16.6. The van der Waals surface area contributed by atoms with Crippen molar-refractivity contribution in [1.29, 1.82) is 0 Å². The van der Waals surface area contributed by atoms with Gasteiger partial charge in [0.25, 0.3) is 0 Å². The lowest BCUT2D eigenvalue weighted by Gasteiger charge is -2.55. The van der Waals surface area contributed by atoms with Crippen molar-refractivity contribution in [3.8, 4) is 11.4 Å². The summed E-state index contributed by atoms with van der Waals surface area (Å²) in [6.45, 7) is 3.43. The van der Waals surface area contributed by atoms with E-state index in [1.54, 1.807) is 19.6 Å². The van der Waals surface area contributed by atoms with E-state index in [9.17, 15) is 14.7 Å². The van der Waals surface area contributed by atoms with Crippen molar-refractivity contribution in [3.63, 3.8) is 0 Å². The number of carbonyl (C=O) groups is 2. The molecule has 5 saturated carbocycles. The Morgan fingerprint density at radius 2 is 1.69 bits per heavy atom. The van der Waals surface area contributed by atoms with Crippen molar-refractivity contribution in [2.75, 3.05) is 31.6 Å². The maximum Gasteiger partial charge on any atom is 0.410 e. The summed E-state index contributed by atoms with van der Waals surface area (Å²) in [4.78, 5) is 39.9. The number of anilines is 1. The minimum Gasteiger partial charge on any atom is -0.496 e. The lowest BCUT2D eigenvalue weighted by molar-refractivity contribution is -0.124. The smallest absolute Gasteiger partial charge is 0.410 e. The van der Waals surface area contributed by atoms with Gasteiger partial charge < -0.3 is 19.5 Å². The molecule has 6 aliphatic rings. The number of hydrogen-bond acceptors (Lipinski definition) is 8. The standard InChI is InChI=1S/C38H48N6O5/c1-25-19-28(7-10-32(25)48-2)38-15-12-37(13-16-38,14-17-38)23-43(33-20-29(11-18-39-33)44-24-40-34(41-44)26-3-4-26)35(46)27-5-8-31(9-6-27)49-36(47)42-21-30(45)22-42/h7,10-11,18-20,24,26-27,30-31,45H,3-6,8-9,12-17,21-23H2,1-2H3. The highest BCUT2D eigenvalue weighted by molar-refractivity contribution is 5.94. The van der Waals surface area contributed by atoms with Crippen LogP contribution in [0.1, 0.15) is 99.9 Å². The average Bonchev–Trinajstić information content (AvgIpc) is 3.85. The number of likely N-dealkylation sites (tertiary alicyclic amines) is 1. The highest BCUT2D eigenvalue weighted by Crippen LogP contribution is 2.58. The number of pyridine rings is 1. The van der Waals surface area contributed by atoms with Crippen molar-refractivity contribution in [1.82, 2.24) is 24.6 Å². The molecule has 5 aliphatic carbocycles. The van der Waals surface area contributed by atoms with Crippen LogP contribution in [0.15, 0.2) is 42.9 Å². The molecule has 9 rings (SSSR count). The van der Waals surface area contributed by atoms with Crippen molar-refractivity contribution in [2.24, 2.45) is 11.3 Å². The van der Waals surface area contributed by atoms with E-state index in [2.05, 4.69) is 30.1 Å². The molecule has 0 unspecified atom stereocenters. The van der Waals surface area contributed by atoms with Gasteiger partial charge in [-0.2, -0.15) is 5.10 Å². The molecular weight excluding hydrogens is 620 g/mol. The van der Waals surface area contributed by atoms with Gasteiger partial charge in [-0.05, 0) is 118 Å². The molecule has 1 N–H and O–H groups in total. The molecule has 260 valence electrons. The van der Waals surface area contributed by atoms with Crippen molar-refractivity contribution in [2.45, 2.75) is 108 Å². The fourth-order valence-corrected chi connectivity index (χ4v) is 8.85. The number of β-amino-alcohol motifs (C(OH)–C–C–N with tert-alkyl or cyclic N) is 1. The lowest BCUT2D eigenvalue weighted by Crippen LogP contribution is -2.54. The summed E-state index contributed by atoms with van der Waals surface area (Å²) in [6.07, 6.45) is 14.0. The molecule has 1 aliphatic heterocycles. The van der Waals surface area contributed by atoms with E-state index in [-0.39, 0.29) is 34.9 Å². The molecule has 1 saturated heterocycles. The van der Waals surface area contributed by atoms with Gasteiger partial charge in [0.1, 0.15) is 24.0 Å². The number of amides is 2. The Labute approximate surface area is 288 Å². The fourth-order valence-electron chi connectivity index (χ4n) is 8.85. The van der Waals surface area contributed by atoms with Gasteiger partial charge in [0, 0.05) is 30.6 Å². The van der Waals surface area contributed by atoms with Gasteiger partial charge in [-0.15, -0.1) is 0 Å². The van der Waals surface area contributed by atoms with Crippen LogP contribution >= 0.6 is 0 Å². The van der Waals surface area contributed by atoms with Gasteiger partial charge >= 0.3 is 6.09 Å². The van der Waals surface area contributed by atoms with Crippen LogP contribution in [0.3, 0.4) is 0 Å². The van der Waals surface area contributed by atoms with E-state index in [4.69, 9.17) is 19.6 Å². The maximum atomic E-state index is 14.6. The number of nitrogens with zero attached hydrogens (tertiary/aromatic N) is 6. The maximum absolute atomic E-state index is 14.6. The molecule has 0 radical (unpaired) electrons. The Bertz CT molecular complexity index is 1680. The molecule has 1 aromatic carbocycles. The summed E-state index contributed by atoms with van der Waals surface area (Å²) in [5.41, 5.74) is 3.68. The third kappa shape index (κ3) is 6.30. The number of aliphatic hydroxyl groups is 1. The summed E-state index contributed by atoms with van der Waals surface area (Å²) in [6, 6.07) is 10.6. The Morgan fingerprint density at radius 1 is 0.959 bits per heavy atom. The van der Waals surface area contributed by atoms with Gasteiger partial charge in [-0.1, -0.05) is 12.1 Å². The zero-order chi connectivity index (χ0) is 33.8. The quantitative estimate of drug-likeness (QED) is 0.301. The second-order valence-corrected chi connectivity index (χ2v) is 15.5. The summed E-state index contributed by atoms with van der Waals surface area (Å²) in [7, 11) is 1.73. The van der Waals surface area contributed by atoms with Crippen LogP contribution in [0.25, 0.3) is 5.69 Å². The summed E-state index contributed by atoms with van der Waals surface area (Å²) in [5.74, 6) is 2.89. The molecule has 3 aromatic rings. The Balaban J connectivity index is 1.01. The van der Waals surface area contributed by atoms with E-state index < -0.39 is 6.10 Å². The number of carbonyl (C=O) groups excluding carboxylic acids is 2. The van der Waals surface area contributed by atoms with E-state index in [1.165, 1.54) is 16.0 Å². The van der Waals surface area contributed by atoms with Crippen LogP contribution < -0.4 is 9.64 Å². The molecule has 2 amide bonds. The zero-order valence-electron chi connectivity index (χ0n) is 28.7. The third-order valence-corrected chi connectivity index (χ3v) is 12.3. The first kappa shape index (κ1) is 32.2. The lowest BCUT2D eigenvalue weighted by atomic mass is 9.51. The van der Waals surface area contributed by atoms with Gasteiger partial charge in [-0.25, -0.2) is 19.4 Å². The number of ether oxygens (including phenoxy) is 2. The van der Waals surface area contributed by atoms with E-state index in [0.29, 0.717) is 57.1 Å². The van der Waals surface area contributed by atoms with E-state index >= 15 is 0 Å². The topological polar surface area (TPSA) is 123 Å². The third-order valence-electron chi connectivity index (χ3n) is 12.3. The number of benzene rings is 1. The van der Waals surface area contributed by atoms with Gasteiger partial charge in [-0.3, -0.25) is 9.69 Å². The number of fused-ring (bicyclic) bond motifs is 3. The normalized spacial score (nSPS) is 28.2. The number of aryl methyl sites for hydroxylation is 1. The molecule has 6 fully saturated rings. The summed E-state index contributed by atoms with van der Waals surface area (Å²) in [5, 5.41) is 14.3. The zero-order valence-corrected chi connectivity index (χ0v) is 28.7. The second-order valence-electron chi connectivity index (χ2n) is 15.5. The van der Waals surface area contributed by atoms with Gasteiger partial charge in [0.15, 0.2) is 5.82 Å². The summed E-state index contributed by atoms with van der Waals surface area (Å²) < 4.78 is 13.1. The molecule has 0 spiro atoms. The molecule has 2 aromatic heterocycles. The van der Waals surface area contributed by atoms with Crippen LogP contribution in [0, 0.1) is 18.3 Å². The number of aliphatic hydroxyl groups excluding tert-OH is 1. The van der Waals surface area contributed by atoms with Crippen LogP contribution in [-0.2, 0) is 14.9 Å². The number of rotatable bonds is 9. The highest BCUT2D eigenvalue weighted by Gasteiger charge is 2.51. The Morgan fingerprint density at radius 3 is 2.35 bits per heavy atom. The minimum absolute atomic E-state index is 0.0392. The fraction of sp³-hybridized carbons (Fsp3) is 0.605. The average molecular weight is 669 g/mol. The Hall–Kier alpha value is -3.99. The molecule has 11 heteroatoms. The number of hydrogen-bond donors (Lipinski definition) is 1. The molecule has 3 heterocycles. The summed E-state index contributed by atoms with van der Waals surface area (Å²) >= 11 is 0. The van der Waals surface area contributed by atoms with Crippen LogP contribution in [0.4, 0.5) is 10.6 Å². The van der Waals surface area contributed by atoms with Gasteiger partial charge in [0.2, 0.25) is 5.91 Å².